The van der Waals surface area contributed by atoms with Crippen LogP contribution in [-0.4, -0.2) is 39.3 Å². The zero-order valence-electron chi connectivity index (χ0n) is 20.4. The number of halogens is 2. The molecule has 0 radical (unpaired) electrons. The van der Waals surface area contributed by atoms with Gasteiger partial charge < -0.3 is 14.0 Å². The Labute approximate surface area is 206 Å². The third kappa shape index (κ3) is 4.43. The molecule has 1 aromatic carbocycles. The van der Waals surface area contributed by atoms with Crippen molar-refractivity contribution in [1.29, 1.82) is 0 Å². The zero-order valence-corrected chi connectivity index (χ0v) is 20.4. The molecule has 1 fully saturated rings. The van der Waals surface area contributed by atoms with Gasteiger partial charge >= 0.3 is 6.61 Å². The number of pyridine rings is 1. The number of Topliss-reactive ketones (excluding diaryl/α,β-unsaturated/α-hetero) is 1. The van der Waals surface area contributed by atoms with Gasteiger partial charge in [-0.1, -0.05) is 11.2 Å². The van der Waals surface area contributed by atoms with Crippen LogP contribution in [0.1, 0.15) is 60.7 Å². The number of aryl methyl sites for hydroxylation is 1. The van der Waals surface area contributed by atoms with Crippen molar-refractivity contribution in [3.63, 3.8) is 0 Å². The number of carbonyl (C=O) groups excluding carboxylic acids is 1. The van der Waals surface area contributed by atoms with Crippen LogP contribution in [0.5, 0.6) is 11.5 Å². The zero-order chi connectivity index (χ0) is 25.6. The molecule has 0 unspecified atom stereocenters. The molecule has 0 aliphatic heterocycles. The Morgan fingerprint density at radius 2 is 2.00 bits per heavy atom. The van der Waals surface area contributed by atoms with Gasteiger partial charge in [-0.3, -0.25) is 4.79 Å². The third-order valence-corrected chi connectivity index (χ3v) is 6.56. The number of benzene rings is 1. The standard InChI is InChI=1S/C26H26F2N4O4/c1-14-30-24(36-31-14)26(2,3)17-7-8-19-18(12-29-32(19)13-17)16-10-21(34-4)23(20(33)9-15-5-6-15)22(11-16)35-25(27)28/h7-8,10-13,15,25H,5-6,9H2,1-4H3. The molecule has 36 heavy (non-hydrogen) atoms. The Hall–Kier alpha value is -3.82. The minimum Gasteiger partial charge on any atom is -0.496 e. The number of alkyl halides is 2. The maximum atomic E-state index is 13.3. The molecule has 0 spiro atoms. The van der Waals surface area contributed by atoms with Crippen LogP contribution in [0, 0.1) is 12.8 Å². The predicted molar refractivity (Wildman–Crippen MR) is 127 cm³/mol. The van der Waals surface area contributed by atoms with Crippen molar-refractivity contribution in [2.75, 3.05) is 7.11 Å². The Morgan fingerprint density at radius 3 is 2.64 bits per heavy atom. The predicted octanol–water partition coefficient (Wildman–Crippen LogP) is 5.61. The second-order valence-corrected chi connectivity index (χ2v) is 9.58. The van der Waals surface area contributed by atoms with Crippen LogP contribution >= 0.6 is 0 Å². The van der Waals surface area contributed by atoms with E-state index in [0.29, 0.717) is 22.8 Å². The lowest BCUT2D eigenvalue weighted by Gasteiger charge is -2.20. The maximum absolute atomic E-state index is 13.3. The molecule has 0 bridgehead atoms. The Bertz CT molecular complexity index is 1440. The number of nitrogens with zero attached hydrogens (tertiary/aromatic N) is 4. The summed E-state index contributed by atoms with van der Waals surface area (Å²) in [6.07, 6.45) is 5.70. The van der Waals surface area contributed by atoms with E-state index in [9.17, 15) is 13.6 Å². The molecule has 0 atom stereocenters. The van der Waals surface area contributed by atoms with Crippen LogP contribution in [0.2, 0.25) is 0 Å². The first-order chi connectivity index (χ1) is 17.2. The number of hydrogen-bond donors (Lipinski definition) is 0. The van der Waals surface area contributed by atoms with Gasteiger partial charge in [0.2, 0.25) is 5.89 Å². The number of aromatic nitrogens is 4. The normalized spacial score (nSPS) is 14.0. The van der Waals surface area contributed by atoms with Crippen molar-refractivity contribution < 1.29 is 27.6 Å². The summed E-state index contributed by atoms with van der Waals surface area (Å²) in [5, 5.41) is 8.36. The van der Waals surface area contributed by atoms with E-state index in [1.165, 1.54) is 13.2 Å². The van der Waals surface area contributed by atoms with Crippen molar-refractivity contribution >= 4 is 11.3 Å². The van der Waals surface area contributed by atoms with Crippen LogP contribution in [0.3, 0.4) is 0 Å². The molecule has 3 aromatic heterocycles. The van der Waals surface area contributed by atoms with Crippen LogP contribution < -0.4 is 9.47 Å². The minimum absolute atomic E-state index is 0.0452. The molecular weight excluding hydrogens is 470 g/mol. The number of fused-ring (bicyclic) bond motifs is 1. The Kier molecular flexibility index (Phi) is 5.97. The van der Waals surface area contributed by atoms with E-state index in [4.69, 9.17) is 14.0 Å². The summed E-state index contributed by atoms with van der Waals surface area (Å²) >= 11 is 0. The molecule has 1 saturated carbocycles. The number of hydrogen-bond acceptors (Lipinski definition) is 7. The molecule has 1 aliphatic rings. The highest BCUT2D eigenvalue weighted by Gasteiger charge is 2.31. The highest BCUT2D eigenvalue weighted by atomic mass is 19.3. The molecule has 0 N–H and O–H groups in total. The quantitative estimate of drug-likeness (QED) is 0.278. The molecule has 0 amide bonds. The van der Waals surface area contributed by atoms with E-state index in [0.717, 1.165) is 23.9 Å². The lowest BCUT2D eigenvalue weighted by molar-refractivity contribution is -0.0502. The van der Waals surface area contributed by atoms with E-state index >= 15 is 0 Å². The fourth-order valence-electron chi connectivity index (χ4n) is 4.31. The summed E-state index contributed by atoms with van der Waals surface area (Å²) < 4.78 is 43.9. The van der Waals surface area contributed by atoms with Gasteiger partial charge in [-0.05, 0) is 68.9 Å². The molecule has 1 aliphatic carbocycles. The molecular formula is C26H26F2N4O4. The van der Waals surface area contributed by atoms with E-state index in [-0.39, 0.29) is 35.2 Å². The Morgan fingerprint density at radius 1 is 1.25 bits per heavy atom. The smallest absolute Gasteiger partial charge is 0.387 e. The summed E-state index contributed by atoms with van der Waals surface area (Å²) in [6, 6.07) is 6.93. The van der Waals surface area contributed by atoms with E-state index in [1.807, 2.05) is 32.2 Å². The summed E-state index contributed by atoms with van der Waals surface area (Å²) in [5.41, 5.74) is 2.33. The molecule has 8 nitrogen and oxygen atoms in total. The number of ketones is 1. The van der Waals surface area contributed by atoms with Crippen LogP contribution in [0.4, 0.5) is 8.78 Å². The third-order valence-electron chi connectivity index (χ3n) is 6.56. The Balaban J connectivity index is 1.57. The molecule has 5 rings (SSSR count). The molecule has 4 aromatic rings. The number of carbonyl (C=O) groups is 1. The maximum Gasteiger partial charge on any atom is 0.387 e. The van der Waals surface area contributed by atoms with Crippen molar-refractivity contribution in [1.82, 2.24) is 19.8 Å². The number of ether oxygens (including phenoxy) is 2. The van der Waals surface area contributed by atoms with Gasteiger partial charge in [-0.25, -0.2) is 4.52 Å². The first-order valence-electron chi connectivity index (χ1n) is 11.7. The summed E-state index contributed by atoms with van der Waals surface area (Å²) in [5.74, 6) is 1.05. The highest BCUT2D eigenvalue weighted by molar-refractivity contribution is 6.02. The molecule has 188 valence electrons. The lowest BCUT2D eigenvalue weighted by atomic mass is 9.85. The van der Waals surface area contributed by atoms with Gasteiger partial charge in [0.25, 0.3) is 0 Å². The monoisotopic (exact) mass is 496 g/mol. The lowest BCUT2D eigenvalue weighted by Crippen LogP contribution is -2.20. The van der Waals surface area contributed by atoms with Gasteiger partial charge in [0.1, 0.15) is 17.1 Å². The SMILES string of the molecule is COc1cc(-c2cnn3cc(C(C)(C)c4nc(C)no4)ccc23)cc(OC(F)F)c1C(=O)CC1CC1. The fraction of sp³-hybridized carbons (Fsp3) is 0.385. The molecule has 0 saturated heterocycles. The fourth-order valence-corrected chi connectivity index (χ4v) is 4.31. The van der Waals surface area contributed by atoms with E-state index < -0.39 is 12.0 Å². The van der Waals surface area contributed by atoms with Crippen LogP contribution in [0.25, 0.3) is 16.6 Å². The highest BCUT2D eigenvalue weighted by Crippen LogP contribution is 2.41. The van der Waals surface area contributed by atoms with Crippen LogP contribution in [0.15, 0.2) is 41.2 Å². The average Bonchev–Trinajstić information content (AvgIpc) is 3.36. The molecule has 10 heteroatoms. The average molecular weight is 497 g/mol. The summed E-state index contributed by atoms with van der Waals surface area (Å²) in [4.78, 5) is 17.3. The topological polar surface area (TPSA) is 91.8 Å². The first-order valence-corrected chi connectivity index (χ1v) is 11.7. The van der Waals surface area contributed by atoms with Crippen molar-refractivity contribution in [3.05, 3.63) is 59.5 Å². The largest absolute Gasteiger partial charge is 0.496 e. The number of methoxy groups -OCH3 is 1. The first kappa shape index (κ1) is 23.9. The van der Waals surface area contributed by atoms with Crippen molar-refractivity contribution in [3.8, 4) is 22.6 Å². The van der Waals surface area contributed by atoms with Crippen molar-refractivity contribution in [2.24, 2.45) is 5.92 Å². The van der Waals surface area contributed by atoms with Gasteiger partial charge in [-0.15, -0.1) is 0 Å². The van der Waals surface area contributed by atoms with Gasteiger partial charge in [0, 0.05) is 18.2 Å². The number of rotatable bonds is 9. The van der Waals surface area contributed by atoms with Gasteiger partial charge in [-0.2, -0.15) is 18.9 Å². The van der Waals surface area contributed by atoms with Crippen molar-refractivity contribution in [2.45, 2.75) is 52.1 Å². The molecule has 3 heterocycles. The van der Waals surface area contributed by atoms with Gasteiger partial charge in [0.15, 0.2) is 11.6 Å². The summed E-state index contributed by atoms with van der Waals surface area (Å²) in [6.45, 7) is 2.63. The second-order valence-electron chi connectivity index (χ2n) is 9.58. The summed E-state index contributed by atoms with van der Waals surface area (Å²) in [7, 11) is 1.41. The van der Waals surface area contributed by atoms with Gasteiger partial charge in [0.05, 0.1) is 24.2 Å². The van der Waals surface area contributed by atoms with E-state index in [2.05, 4.69) is 15.2 Å². The van der Waals surface area contributed by atoms with E-state index in [1.54, 1.807) is 23.7 Å². The second kappa shape index (κ2) is 9.00. The minimum atomic E-state index is -3.08. The van der Waals surface area contributed by atoms with Crippen LogP contribution in [-0.2, 0) is 5.41 Å².